The number of hydrogen-bond donors (Lipinski definition) is 1. The van der Waals surface area contributed by atoms with E-state index in [2.05, 4.69) is 32.6 Å². The van der Waals surface area contributed by atoms with Crippen LogP contribution in [0.1, 0.15) is 67.1 Å². The Morgan fingerprint density at radius 3 is 2.24 bits per heavy atom. The number of rotatable bonds is 6. The first-order chi connectivity index (χ1) is 13.8. The van der Waals surface area contributed by atoms with Crippen LogP contribution in [0.2, 0.25) is 5.02 Å². The maximum Gasteiger partial charge on any atom is 0.335 e. The second-order valence-electron chi connectivity index (χ2n) is 8.50. The number of carboxylic acids is 1. The van der Waals surface area contributed by atoms with Gasteiger partial charge < -0.3 is 9.84 Å². The predicted molar refractivity (Wildman–Crippen MR) is 118 cm³/mol. The van der Waals surface area contributed by atoms with Crippen molar-refractivity contribution in [3.63, 3.8) is 0 Å². The Kier molecular flexibility index (Phi) is 6.81. The van der Waals surface area contributed by atoms with Crippen molar-refractivity contribution in [2.75, 3.05) is 0 Å². The fourth-order valence-electron chi connectivity index (χ4n) is 4.26. The first-order valence-corrected chi connectivity index (χ1v) is 10.5. The average molecular weight is 413 g/mol. The lowest BCUT2D eigenvalue weighted by atomic mass is 9.74. The molecule has 1 N–H and O–H groups in total. The molecule has 0 unspecified atom stereocenters. The van der Waals surface area contributed by atoms with Gasteiger partial charge in [-0.1, -0.05) is 61.9 Å². The van der Waals surface area contributed by atoms with E-state index in [0.29, 0.717) is 5.92 Å². The zero-order chi connectivity index (χ0) is 21.1. The van der Waals surface area contributed by atoms with Crippen LogP contribution < -0.4 is 0 Å². The van der Waals surface area contributed by atoms with Gasteiger partial charge in [-0.25, -0.2) is 4.79 Å². The highest BCUT2D eigenvalue weighted by molar-refractivity contribution is 6.30. The van der Waals surface area contributed by atoms with Crippen LogP contribution in [0.3, 0.4) is 0 Å². The minimum atomic E-state index is -0.918. The molecule has 1 fully saturated rings. The van der Waals surface area contributed by atoms with Gasteiger partial charge in [0.25, 0.3) is 0 Å². The van der Waals surface area contributed by atoms with E-state index >= 15 is 0 Å². The number of aromatic carboxylic acids is 1. The van der Waals surface area contributed by atoms with Crippen LogP contribution in [0.25, 0.3) is 0 Å². The van der Waals surface area contributed by atoms with Crippen LogP contribution in [0.15, 0.2) is 60.7 Å². The minimum absolute atomic E-state index is 0.0796. The monoisotopic (exact) mass is 412 g/mol. The Hall–Kier alpha value is -2.10. The van der Waals surface area contributed by atoms with Crippen molar-refractivity contribution >= 4 is 17.6 Å². The van der Waals surface area contributed by atoms with Crippen LogP contribution >= 0.6 is 11.6 Å². The van der Waals surface area contributed by atoms with Gasteiger partial charge in [-0.2, -0.15) is 0 Å². The van der Waals surface area contributed by atoms with E-state index in [1.165, 1.54) is 5.56 Å². The summed E-state index contributed by atoms with van der Waals surface area (Å²) in [5.41, 5.74) is 3.62. The zero-order valence-electron chi connectivity index (χ0n) is 17.3. The molecule has 3 rings (SSSR count). The van der Waals surface area contributed by atoms with E-state index in [1.54, 1.807) is 12.1 Å². The lowest BCUT2D eigenvalue weighted by molar-refractivity contribution is -0.0964. The third-order valence-corrected chi connectivity index (χ3v) is 6.02. The van der Waals surface area contributed by atoms with Gasteiger partial charge in [0.15, 0.2) is 0 Å². The summed E-state index contributed by atoms with van der Waals surface area (Å²) < 4.78 is 6.71. The molecule has 0 radical (unpaired) electrons. The van der Waals surface area contributed by atoms with Gasteiger partial charge in [0.05, 0.1) is 17.8 Å². The first kappa shape index (κ1) is 21.6. The average Bonchev–Trinajstić information content (AvgIpc) is 2.68. The highest BCUT2D eigenvalue weighted by atomic mass is 35.5. The Morgan fingerprint density at radius 1 is 1.14 bits per heavy atom. The first-order valence-electron chi connectivity index (χ1n) is 10.2. The Balaban J connectivity index is 1.95. The third kappa shape index (κ3) is 5.09. The molecule has 0 aliphatic carbocycles. The molecule has 1 aliphatic heterocycles. The van der Waals surface area contributed by atoms with Crippen molar-refractivity contribution in [2.45, 2.75) is 51.7 Å². The third-order valence-electron chi connectivity index (χ3n) is 5.76. The van der Waals surface area contributed by atoms with Gasteiger partial charge in [0.1, 0.15) is 0 Å². The molecule has 2 aromatic carbocycles. The number of ether oxygens (including phenoxy) is 1. The van der Waals surface area contributed by atoms with Crippen LogP contribution in [0.4, 0.5) is 0 Å². The topological polar surface area (TPSA) is 46.5 Å². The number of benzene rings is 2. The summed E-state index contributed by atoms with van der Waals surface area (Å²) in [4.78, 5) is 11.2. The summed E-state index contributed by atoms with van der Waals surface area (Å²) in [7, 11) is 0. The van der Waals surface area contributed by atoms with Gasteiger partial charge in [0, 0.05) is 16.9 Å². The lowest BCUT2D eigenvalue weighted by Crippen LogP contribution is -2.37. The molecular formula is C25H29ClO3. The quantitative estimate of drug-likeness (QED) is 0.525. The number of carbonyl (C=O) groups is 1. The minimum Gasteiger partial charge on any atom is -0.478 e. The predicted octanol–water partition coefficient (Wildman–Crippen LogP) is 6.89. The molecule has 1 aliphatic rings. The van der Waals surface area contributed by atoms with Crippen molar-refractivity contribution < 1.29 is 14.6 Å². The molecule has 0 aromatic heterocycles. The van der Waals surface area contributed by atoms with Crippen molar-refractivity contribution in [3.8, 4) is 0 Å². The molecule has 2 aromatic rings. The second kappa shape index (κ2) is 9.15. The van der Waals surface area contributed by atoms with Crippen LogP contribution in [-0.4, -0.2) is 17.2 Å². The molecule has 4 heteroatoms. The summed E-state index contributed by atoms with van der Waals surface area (Å²) in [6.45, 7) is 10.7. The van der Waals surface area contributed by atoms with Crippen molar-refractivity contribution in [1.29, 1.82) is 0 Å². The largest absolute Gasteiger partial charge is 0.478 e. The van der Waals surface area contributed by atoms with E-state index in [1.807, 2.05) is 31.2 Å². The molecule has 29 heavy (non-hydrogen) atoms. The maximum atomic E-state index is 11.2. The van der Waals surface area contributed by atoms with Gasteiger partial charge in [-0.3, -0.25) is 0 Å². The van der Waals surface area contributed by atoms with E-state index in [-0.39, 0.29) is 29.6 Å². The molecule has 1 heterocycles. The molecule has 0 bridgehead atoms. The Morgan fingerprint density at radius 2 is 1.72 bits per heavy atom. The second-order valence-corrected chi connectivity index (χ2v) is 8.93. The number of halogens is 1. The number of carboxylic acid groups (broad SMARTS) is 1. The Labute approximate surface area is 178 Å². The summed E-state index contributed by atoms with van der Waals surface area (Å²) in [6, 6.07) is 15.1. The lowest BCUT2D eigenvalue weighted by Gasteiger charge is -2.43. The zero-order valence-corrected chi connectivity index (χ0v) is 18.0. The van der Waals surface area contributed by atoms with Gasteiger partial charge in [0.2, 0.25) is 0 Å². The fourth-order valence-corrected chi connectivity index (χ4v) is 4.38. The highest BCUT2D eigenvalue weighted by Gasteiger charge is 2.39. The normalized spacial score (nSPS) is 24.4. The Bertz CT molecular complexity index is 855. The number of hydrogen-bond acceptors (Lipinski definition) is 2. The molecule has 0 saturated carbocycles. The van der Waals surface area contributed by atoms with E-state index in [9.17, 15) is 9.90 Å². The van der Waals surface area contributed by atoms with Crippen LogP contribution in [-0.2, 0) is 4.74 Å². The molecule has 4 atom stereocenters. The van der Waals surface area contributed by atoms with Gasteiger partial charge >= 0.3 is 5.97 Å². The molecule has 3 nitrogen and oxygen atoms in total. The molecule has 0 amide bonds. The SMILES string of the molecule is C=C(C)[C@@H]1C[C@@H](c2ccc(Cl)cc2)[C@@H](CC(C)C)O[C@H]1c1ccc(C(=O)O)cc1. The highest BCUT2D eigenvalue weighted by Crippen LogP contribution is 2.47. The molecule has 154 valence electrons. The van der Waals surface area contributed by atoms with Crippen molar-refractivity contribution in [3.05, 3.63) is 82.4 Å². The van der Waals surface area contributed by atoms with Gasteiger partial charge in [-0.15, -0.1) is 0 Å². The molecular weight excluding hydrogens is 384 g/mol. The smallest absolute Gasteiger partial charge is 0.335 e. The summed E-state index contributed by atoms with van der Waals surface area (Å²) >= 11 is 6.10. The molecule has 0 spiro atoms. The van der Waals surface area contributed by atoms with E-state index in [4.69, 9.17) is 16.3 Å². The summed E-state index contributed by atoms with van der Waals surface area (Å²) in [5, 5.41) is 9.93. The van der Waals surface area contributed by atoms with Crippen LogP contribution in [0, 0.1) is 11.8 Å². The summed E-state index contributed by atoms with van der Waals surface area (Å²) in [5.74, 6) is 0.0185. The van der Waals surface area contributed by atoms with Crippen molar-refractivity contribution in [1.82, 2.24) is 0 Å². The van der Waals surface area contributed by atoms with E-state index in [0.717, 1.165) is 29.0 Å². The van der Waals surface area contributed by atoms with E-state index < -0.39 is 5.97 Å². The van der Waals surface area contributed by atoms with Crippen molar-refractivity contribution in [2.24, 2.45) is 11.8 Å². The molecule has 1 saturated heterocycles. The van der Waals surface area contributed by atoms with Crippen LogP contribution in [0.5, 0.6) is 0 Å². The summed E-state index contributed by atoms with van der Waals surface area (Å²) in [6.07, 6.45) is 1.86. The fraction of sp³-hybridized carbons (Fsp3) is 0.400. The maximum absolute atomic E-state index is 11.2. The van der Waals surface area contributed by atoms with Gasteiger partial charge in [-0.05, 0) is 61.1 Å². The standard InChI is InChI=1S/C25H29ClO3/c1-15(2)13-23-22(17-9-11-20(26)12-10-17)14-21(16(3)4)24(29-23)18-5-7-19(8-6-18)25(27)28/h5-12,15,21-24H,3,13-14H2,1-2,4H3,(H,27,28)/t21-,22-,23+,24-/m0/s1.